The third-order valence-corrected chi connectivity index (χ3v) is 4.50. The molecule has 1 aliphatic heterocycles. The summed E-state index contributed by atoms with van der Waals surface area (Å²) in [7, 11) is 0. The third-order valence-electron chi connectivity index (χ3n) is 3.61. The minimum Gasteiger partial charge on any atom is -0.425 e. The van der Waals surface area contributed by atoms with Crippen LogP contribution in [0.4, 0.5) is 10.5 Å². The summed E-state index contributed by atoms with van der Waals surface area (Å²) in [6, 6.07) is 4.21. The van der Waals surface area contributed by atoms with Crippen LogP contribution in [0.5, 0.6) is 0 Å². The molecule has 144 valence electrons. The Labute approximate surface area is 157 Å². The molecule has 1 aromatic rings. The van der Waals surface area contributed by atoms with Crippen LogP contribution >= 0.6 is 11.8 Å². The van der Waals surface area contributed by atoms with E-state index in [1.54, 1.807) is 0 Å². The van der Waals surface area contributed by atoms with Gasteiger partial charge < -0.3 is 4.74 Å². The number of amides is 2. The highest BCUT2D eigenvalue weighted by atomic mass is 32.2. The molecule has 10 nitrogen and oxygen atoms in total. The lowest BCUT2D eigenvalue weighted by Crippen LogP contribution is -2.32. The monoisotopic (exact) mass is 396 g/mol. The lowest BCUT2D eigenvalue weighted by molar-refractivity contribution is -0.386. The fraction of sp³-hybridized carbons (Fsp3) is 0.375. The van der Waals surface area contributed by atoms with E-state index in [2.05, 4.69) is 4.84 Å². The lowest BCUT2D eigenvalue weighted by Gasteiger charge is -2.17. The predicted octanol–water partition coefficient (Wildman–Crippen LogP) is 2.65. The highest BCUT2D eigenvalue weighted by molar-refractivity contribution is 8.12. The van der Waals surface area contributed by atoms with E-state index in [0.717, 1.165) is 11.8 Å². The molecule has 11 heteroatoms. The van der Waals surface area contributed by atoms with Crippen molar-refractivity contribution in [1.82, 2.24) is 5.06 Å². The van der Waals surface area contributed by atoms with Crippen LogP contribution in [0.15, 0.2) is 18.2 Å². The molecule has 0 spiro atoms. The number of thioether (sulfide) groups is 1. The first-order valence-corrected chi connectivity index (χ1v) is 8.82. The summed E-state index contributed by atoms with van der Waals surface area (Å²) in [5, 5.41) is 11.4. The van der Waals surface area contributed by atoms with E-state index in [1.165, 1.54) is 32.0 Å². The van der Waals surface area contributed by atoms with Gasteiger partial charge in [0.15, 0.2) is 5.12 Å². The standard InChI is InChI=1S/C16H16N2O8S/c1-9(25-16(22)26-17-14(20)5-6-15(17)21)12-7-11(8-27-10(2)19)3-4-13(12)18(23)24/h3-4,7,9H,5-6,8H2,1-2H3. The fourth-order valence-electron chi connectivity index (χ4n) is 2.33. The van der Waals surface area contributed by atoms with E-state index in [-0.39, 0.29) is 29.2 Å². The molecule has 1 atom stereocenters. The second-order valence-corrected chi connectivity index (χ2v) is 6.77. The van der Waals surface area contributed by atoms with Crippen LogP contribution in [-0.2, 0) is 29.7 Å². The summed E-state index contributed by atoms with van der Waals surface area (Å²) in [5.41, 5.74) is 0.447. The quantitative estimate of drug-likeness (QED) is 0.308. The molecule has 0 aromatic heterocycles. The van der Waals surface area contributed by atoms with Gasteiger partial charge >= 0.3 is 6.16 Å². The van der Waals surface area contributed by atoms with Crippen molar-refractivity contribution in [3.05, 3.63) is 39.4 Å². The molecule has 2 amide bonds. The van der Waals surface area contributed by atoms with Crippen LogP contribution in [0.3, 0.4) is 0 Å². The molecule has 1 aliphatic rings. The van der Waals surface area contributed by atoms with E-state index >= 15 is 0 Å². The van der Waals surface area contributed by atoms with Crippen LogP contribution in [-0.4, -0.2) is 33.1 Å². The van der Waals surface area contributed by atoms with Crippen LogP contribution < -0.4 is 0 Å². The number of carbonyl (C=O) groups is 4. The SMILES string of the molecule is CC(=O)SCc1ccc([N+](=O)[O-])c(C(C)OC(=O)ON2C(=O)CCC2=O)c1. The Bertz CT molecular complexity index is 794. The molecule has 0 aliphatic carbocycles. The van der Waals surface area contributed by atoms with Crippen molar-refractivity contribution >= 4 is 40.5 Å². The summed E-state index contributed by atoms with van der Waals surface area (Å²) in [6.45, 7) is 2.79. The number of hydrogen-bond acceptors (Lipinski definition) is 9. The van der Waals surface area contributed by atoms with Gasteiger partial charge in [0.05, 0.1) is 10.5 Å². The van der Waals surface area contributed by atoms with Crippen LogP contribution in [0, 0.1) is 10.1 Å². The van der Waals surface area contributed by atoms with E-state index in [4.69, 9.17) is 4.74 Å². The minimum absolute atomic E-state index is 0.0665. The maximum absolute atomic E-state index is 11.8. The summed E-state index contributed by atoms with van der Waals surface area (Å²) in [4.78, 5) is 61.0. The predicted molar refractivity (Wildman–Crippen MR) is 92.1 cm³/mol. The van der Waals surface area contributed by atoms with Crippen molar-refractivity contribution in [1.29, 1.82) is 0 Å². The van der Waals surface area contributed by atoms with E-state index in [0.29, 0.717) is 16.4 Å². The topological polar surface area (TPSA) is 133 Å². The maximum atomic E-state index is 11.8. The number of nitro benzene ring substituents is 1. The lowest BCUT2D eigenvalue weighted by atomic mass is 10.1. The molecule has 1 unspecified atom stereocenters. The van der Waals surface area contributed by atoms with Gasteiger partial charge in [-0.3, -0.25) is 29.3 Å². The van der Waals surface area contributed by atoms with Gasteiger partial charge in [0.2, 0.25) is 0 Å². The zero-order valence-corrected chi connectivity index (χ0v) is 15.3. The number of hydroxylamine groups is 2. The van der Waals surface area contributed by atoms with Gasteiger partial charge in [0.1, 0.15) is 6.10 Å². The smallest absolute Gasteiger partial charge is 0.425 e. The van der Waals surface area contributed by atoms with E-state index in [1.807, 2.05) is 0 Å². The van der Waals surface area contributed by atoms with Crippen molar-refractivity contribution in [2.45, 2.75) is 38.5 Å². The number of hydrogen-bond donors (Lipinski definition) is 0. The summed E-state index contributed by atoms with van der Waals surface area (Å²) in [6.07, 6.45) is -2.55. The van der Waals surface area contributed by atoms with Gasteiger partial charge in [-0.2, -0.15) is 0 Å². The molecule has 0 bridgehead atoms. The summed E-state index contributed by atoms with van der Waals surface area (Å²) < 4.78 is 4.98. The molecule has 1 fully saturated rings. The number of nitro groups is 1. The summed E-state index contributed by atoms with van der Waals surface area (Å²) in [5.74, 6) is -1.04. The molecule has 1 saturated heterocycles. The normalized spacial score (nSPS) is 14.8. The van der Waals surface area contributed by atoms with Crippen molar-refractivity contribution in [2.75, 3.05) is 0 Å². The molecular formula is C16H16N2O8S. The Hall–Kier alpha value is -2.95. The number of rotatable bonds is 6. The maximum Gasteiger partial charge on any atom is 0.534 e. The highest BCUT2D eigenvalue weighted by Gasteiger charge is 2.34. The highest BCUT2D eigenvalue weighted by Crippen LogP contribution is 2.30. The second-order valence-electron chi connectivity index (χ2n) is 5.61. The van der Waals surface area contributed by atoms with Gasteiger partial charge in [-0.25, -0.2) is 4.79 Å². The second kappa shape index (κ2) is 8.62. The Kier molecular flexibility index (Phi) is 6.50. The molecule has 0 radical (unpaired) electrons. The molecule has 1 heterocycles. The molecular weight excluding hydrogens is 380 g/mol. The minimum atomic E-state index is -1.33. The average molecular weight is 396 g/mol. The van der Waals surface area contributed by atoms with E-state index < -0.39 is 29.0 Å². The number of carbonyl (C=O) groups excluding carboxylic acids is 4. The first-order valence-electron chi connectivity index (χ1n) is 7.84. The number of nitrogens with zero attached hydrogens (tertiary/aromatic N) is 2. The summed E-state index contributed by atoms with van der Waals surface area (Å²) >= 11 is 1.03. The van der Waals surface area contributed by atoms with Gasteiger partial charge in [-0.05, 0) is 18.6 Å². The number of benzene rings is 1. The van der Waals surface area contributed by atoms with Gasteiger partial charge in [-0.1, -0.05) is 22.9 Å². The Morgan fingerprint density at radius 3 is 2.48 bits per heavy atom. The molecule has 1 aromatic carbocycles. The first kappa shape index (κ1) is 20.4. The van der Waals surface area contributed by atoms with Crippen LogP contribution in [0.2, 0.25) is 0 Å². The zero-order chi connectivity index (χ0) is 20.1. The average Bonchev–Trinajstić information content (AvgIpc) is 2.91. The molecule has 2 rings (SSSR count). The van der Waals surface area contributed by atoms with Gasteiger partial charge in [0.25, 0.3) is 17.5 Å². The zero-order valence-electron chi connectivity index (χ0n) is 14.5. The van der Waals surface area contributed by atoms with Crippen molar-refractivity contribution < 1.29 is 33.7 Å². The molecule has 0 saturated carbocycles. The van der Waals surface area contributed by atoms with Crippen molar-refractivity contribution in [2.24, 2.45) is 0 Å². The van der Waals surface area contributed by atoms with Crippen molar-refractivity contribution in [3.8, 4) is 0 Å². The molecule has 0 N–H and O–H groups in total. The van der Waals surface area contributed by atoms with Crippen LogP contribution in [0.25, 0.3) is 0 Å². The molecule has 27 heavy (non-hydrogen) atoms. The fourth-order valence-corrected chi connectivity index (χ4v) is 2.88. The van der Waals surface area contributed by atoms with Gasteiger partial charge in [-0.15, -0.1) is 0 Å². The Morgan fingerprint density at radius 2 is 1.93 bits per heavy atom. The van der Waals surface area contributed by atoms with Gasteiger partial charge in [0, 0.05) is 31.6 Å². The third kappa shape index (κ3) is 5.26. The number of imide groups is 1. The Balaban J connectivity index is 2.13. The Morgan fingerprint density at radius 1 is 1.30 bits per heavy atom. The first-order chi connectivity index (χ1) is 12.7. The largest absolute Gasteiger partial charge is 0.534 e. The van der Waals surface area contributed by atoms with Crippen LogP contribution in [0.1, 0.15) is 43.9 Å². The van der Waals surface area contributed by atoms with E-state index in [9.17, 15) is 29.3 Å². The number of ether oxygens (including phenoxy) is 1. The van der Waals surface area contributed by atoms with Crippen molar-refractivity contribution in [3.63, 3.8) is 0 Å².